The Morgan fingerprint density at radius 3 is 2.03 bits per heavy atom. The molecule has 36 heavy (non-hydrogen) atoms. The van der Waals surface area contributed by atoms with Crippen LogP contribution in [0, 0.1) is 39.9 Å². The Labute approximate surface area is 224 Å². The lowest BCUT2D eigenvalue weighted by molar-refractivity contribution is -0.0185. The Bertz CT molecular complexity index is 860. The third-order valence-electron chi connectivity index (χ3n) is 12.5. The summed E-state index contributed by atoms with van der Waals surface area (Å²) in [5.41, 5.74) is 5.73. The summed E-state index contributed by atoms with van der Waals surface area (Å²) >= 11 is 0. The van der Waals surface area contributed by atoms with E-state index in [9.17, 15) is 5.11 Å². The van der Waals surface area contributed by atoms with Gasteiger partial charge in [0.05, 0.1) is 6.10 Å². The van der Waals surface area contributed by atoms with Gasteiger partial charge < -0.3 is 9.53 Å². The lowest BCUT2D eigenvalue weighted by Crippen LogP contribution is -2.52. The first-order chi connectivity index (χ1) is 16.6. The van der Waals surface area contributed by atoms with Crippen molar-refractivity contribution in [1.29, 1.82) is 0 Å². The molecule has 0 unspecified atom stereocenters. The largest absolute Gasteiger partial charge is 0.416 e. The maximum absolute atomic E-state index is 10.8. The molecule has 0 heterocycles. The molecule has 7 atom stereocenters. The van der Waals surface area contributed by atoms with Crippen LogP contribution in [0.4, 0.5) is 0 Å². The molecular weight excluding hydrogens is 456 g/mol. The van der Waals surface area contributed by atoms with Crippen LogP contribution in [0.15, 0.2) is 23.3 Å². The Morgan fingerprint density at radius 2 is 1.44 bits per heavy atom. The Hall–Kier alpha value is -0.383. The van der Waals surface area contributed by atoms with Crippen molar-refractivity contribution < 1.29 is 9.53 Å². The third kappa shape index (κ3) is 4.08. The molecule has 0 aromatic rings. The average Bonchev–Trinajstić information content (AvgIpc) is 3.13. The summed E-state index contributed by atoms with van der Waals surface area (Å²) in [4.78, 5) is 0. The van der Waals surface area contributed by atoms with Crippen molar-refractivity contribution in [3.8, 4) is 0 Å². The van der Waals surface area contributed by atoms with Crippen molar-refractivity contribution in [2.45, 2.75) is 137 Å². The van der Waals surface area contributed by atoms with E-state index in [-0.39, 0.29) is 16.9 Å². The molecule has 4 aliphatic carbocycles. The van der Waals surface area contributed by atoms with Gasteiger partial charge in [0, 0.05) is 12.0 Å². The minimum atomic E-state index is -1.83. The molecule has 0 spiro atoms. The number of fused-ring (bicyclic) bond motifs is 5. The third-order valence-corrected chi connectivity index (χ3v) is 18.5. The average molecular weight is 515 g/mol. The quantitative estimate of drug-likeness (QED) is 0.343. The van der Waals surface area contributed by atoms with E-state index >= 15 is 0 Å². The molecule has 0 amide bonds. The van der Waals surface area contributed by atoms with Crippen molar-refractivity contribution in [1.82, 2.24) is 0 Å². The fourth-order valence-electron chi connectivity index (χ4n) is 10.6. The molecule has 0 bridgehead atoms. The van der Waals surface area contributed by atoms with E-state index in [1.807, 2.05) is 0 Å². The van der Waals surface area contributed by atoms with Crippen LogP contribution in [-0.2, 0) is 4.43 Å². The van der Waals surface area contributed by atoms with Crippen molar-refractivity contribution >= 4 is 8.32 Å². The standard InChI is InChI=1S/C33H58O2Si/c1-21(2)36(22(3)4,23(5)6)35-20-24(7)26-13-14-27-25-12-15-29-31(8,9)30(34)17-19-33(29,11)28(25)16-18-32(26,27)10/h12,15,21-24,26-28,30,34H,13-14,16-20H2,1-11H3/t24-,26-,27+,28+,30+,32-,33-/m1/s1. The molecule has 0 radical (unpaired) electrons. The maximum atomic E-state index is 10.8. The first kappa shape index (κ1) is 28.6. The molecule has 3 saturated carbocycles. The van der Waals surface area contributed by atoms with Crippen LogP contribution in [0.25, 0.3) is 0 Å². The predicted molar refractivity (Wildman–Crippen MR) is 157 cm³/mol. The molecule has 0 aliphatic heterocycles. The monoisotopic (exact) mass is 514 g/mol. The number of hydrogen-bond acceptors (Lipinski definition) is 2. The SMILES string of the molecule is CC(C)[Si](OC[C@@H](C)[C@H]1CC[C@H]2C3=CC=C4C(C)(C)[C@@H](O)CC[C@]4(C)[C@H]3CC[C@]12C)(C(C)C)C(C)C. The van der Waals surface area contributed by atoms with E-state index in [1.165, 1.54) is 31.3 Å². The summed E-state index contributed by atoms with van der Waals surface area (Å²) in [5, 5.41) is 10.8. The summed E-state index contributed by atoms with van der Waals surface area (Å²) in [6, 6.07) is 0. The van der Waals surface area contributed by atoms with Gasteiger partial charge >= 0.3 is 0 Å². The topological polar surface area (TPSA) is 29.5 Å². The zero-order valence-corrected chi connectivity index (χ0v) is 26.6. The summed E-state index contributed by atoms with van der Waals surface area (Å²) in [7, 11) is -1.83. The fourth-order valence-corrected chi connectivity index (χ4v) is 16.1. The van der Waals surface area contributed by atoms with Crippen LogP contribution < -0.4 is 0 Å². The van der Waals surface area contributed by atoms with Crippen LogP contribution in [0.5, 0.6) is 0 Å². The first-order valence-electron chi connectivity index (χ1n) is 15.4. The second kappa shape index (κ2) is 9.67. The number of rotatable bonds is 7. The highest BCUT2D eigenvalue weighted by Crippen LogP contribution is 2.67. The molecule has 2 nitrogen and oxygen atoms in total. The van der Waals surface area contributed by atoms with E-state index in [1.54, 1.807) is 5.57 Å². The van der Waals surface area contributed by atoms with Gasteiger partial charge in [-0.25, -0.2) is 0 Å². The van der Waals surface area contributed by atoms with Gasteiger partial charge in [0.25, 0.3) is 0 Å². The highest BCUT2D eigenvalue weighted by atomic mass is 28.4. The van der Waals surface area contributed by atoms with Crippen LogP contribution in [-0.4, -0.2) is 26.1 Å². The van der Waals surface area contributed by atoms with E-state index in [0.717, 1.165) is 31.3 Å². The minimum Gasteiger partial charge on any atom is -0.416 e. The molecule has 206 valence electrons. The van der Waals surface area contributed by atoms with Crippen molar-refractivity contribution in [3.05, 3.63) is 23.3 Å². The molecule has 4 rings (SSSR count). The summed E-state index contributed by atoms with van der Waals surface area (Å²) < 4.78 is 7.13. The molecule has 0 aromatic heterocycles. The van der Waals surface area contributed by atoms with Crippen molar-refractivity contribution in [3.63, 3.8) is 0 Å². The molecular formula is C33H58O2Si. The van der Waals surface area contributed by atoms with E-state index < -0.39 is 8.32 Å². The van der Waals surface area contributed by atoms with Gasteiger partial charge in [-0.1, -0.05) is 99.5 Å². The Kier molecular flexibility index (Phi) is 7.68. The highest BCUT2D eigenvalue weighted by Gasteiger charge is 2.59. The normalized spacial score (nSPS) is 39.0. The zero-order valence-electron chi connectivity index (χ0n) is 25.6. The van der Waals surface area contributed by atoms with Gasteiger partial charge in [0.1, 0.15) is 0 Å². The van der Waals surface area contributed by atoms with E-state index in [0.29, 0.717) is 33.9 Å². The summed E-state index contributed by atoms with van der Waals surface area (Å²) in [6.07, 6.45) is 12.2. The summed E-state index contributed by atoms with van der Waals surface area (Å²) in [5.74, 6) is 2.76. The molecule has 4 aliphatic rings. The van der Waals surface area contributed by atoms with Crippen LogP contribution >= 0.6 is 0 Å². The van der Waals surface area contributed by atoms with E-state index in [2.05, 4.69) is 88.3 Å². The lowest BCUT2D eigenvalue weighted by Gasteiger charge is -2.58. The van der Waals surface area contributed by atoms with Crippen molar-refractivity contribution in [2.24, 2.45) is 39.9 Å². The van der Waals surface area contributed by atoms with Crippen LogP contribution in [0.3, 0.4) is 0 Å². The van der Waals surface area contributed by atoms with E-state index in [4.69, 9.17) is 4.43 Å². The highest BCUT2D eigenvalue weighted by molar-refractivity contribution is 6.77. The molecule has 0 aromatic carbocycles. The summed E-state index contributed by atoms with van der Waals surface area (Å²) in [6.45, 7) is 27.6. The van der Waals surface area contributed by atoms with Gasteiger partial charge in [-0.15, -0.1) is 0 Å². The number of hydrogen-bond donors (Lipinski definition) is 1. The first-order valence-corrected chi connectivity index (χ1v) is 17.5. The Balaban J connectivity index is 1.57. The molecule has 3 fully saturated rings. The van der Waals surface area contributed by atoms with Gasteiger partial charge in [-0.3, -0.25) is 0 Å². The smallest absolute Gasteiger partial charge is 0.200 e. The van der Waals surface area contributed by atoms with Crippen LogP contribution in [0.1, 0.15) is 115 Å². The number of aliphatic hydroxyl groups excluding tert-OH is 1. The molecule has 3 heteroatoms. The van der Waals surface area contributed by atoms with Gasteiger partial charge in [0.15, 0.2) is 8.32 Å². The molecule has 0 saturated heterocycles. The van der Waals surface area contributed by atoms with Gasteiger partial charge in [0.2, 0.25) is 0 Å². The van der Waals surface area contributed by atoms with Gasteiger partial charge in [-0.2, -0.15) is 0 Å². The number of allylic oxidation sites excluding steroid dienone is 3. The minimum absolute atomic E-state index is 0.112. The van der Waals surface area contributed by atoms with Crippen LogP contribution in [0.2, 0.25) is 16.6 Å². The predicted octanol–water partition coefficient (Wildman–Crippen LogP) is 9.31. The second-order valence-electron chi connectivity index (χ2n) is 15.4. The fraction of sp³-hybridized carbons (Fsp3) is 0.879. The van der Waals surface area contributed by atoms with Gasteiger partial charge in [-0.05, 0) is 89.7 Å². The zero-order chi connectivity index (χ0) is 26.8. The maximum Gasteiger partial charge on any atom is 0.200 e. The van der Waals surface area contributed by atoms with Crippen molar-refractivity contribution in [2.75, 3.05) is 6.61 Å². The molecule has 1 N–H and O–H groups in total. The second-order valence-corrected chi connectivity index (χ2v) is 20.8. The number of aliphatic hydroxyl groups is 1. The lowest BCUT2D eigenvalue weighted by atomic mass is 9.47. The Morgan fingerprint density at radius 1 is 0.833 bits per heavy atom.